The molecule has 1 aromatic rings. The Kier molecular flexibility index (Phi) is 5.43. The summed E-state index contributed by atoms with van der Waals surface area (Å²) in [7, 11) is -3.94. The molecule has 1 heterocycles. The van der Waals surface area contributed by atoms with Crippen LogP contribution in [-0.4, -0.2) is 47.8 Å². The molecular formula is C13H18F3N2O3S+. The number of rotatable bonds is 5. The number of sulfonamides is 1. The third-order valence-electron chi connectivity index (χ3n) is 3.44. The molecular weight excluding hydrogens is 321 g/mol. The highest BCUT2D eigenvalue weighted by atomic mass is 32.2. The summed E-state index contributed by atoms with van der Waals surface area (Å²) >= 11 is 0. The zero-order chi connectivity index (χ0) is 16.2. The highest BCUT2D eigenvalue weighted by Gasteiger charge is 2.31. The van der Waals surface area contributed by atoms with Gasteiger partial charge in [-0.2, -0.15) is 13.2 Å². The van der Waals surface area contributed by atoms with Crippen molar-refractivity contribution in [1.82, 2.24) is 4.72 Å². The van der Waals surface area contributed by atoms with E-state index in [1.54, 1.807) is 0 Å². The molecule has 1 aliphatic heterocycles. The standard InChI is InChI=1S/C13H17F3N2O3S/c14-13(15,16)11-2-1-3-12(10-11)22(19,20)17-4-5-18-6-8-21-9-7-18/h1-3,10,17H,4-9H2/p+1. The van der Waals surface area contributed by atoms with Gasteiger partial charge in [-0.3, -0.25) is 0 Å². The smallest absolute Gasteiger partial charge is 0.370 e. The van der Waals surface area contributed by atoms with Gasteiger partial charge >= 0.3 is 6.18 Å². The fourth-order valence-corrected chi connectivity index (χ4v) is 3.27. The molecule has 5 nitrogen and oxygen atoms in total. The van der Waals surface area contributed by atoms with Crippen molar-refractivity contribution in [3.63, 3.8) is 0 Å². The van der Waals surface area contributed by atoms with Gasteiger partial charge in [-0.25, -0.2) is 13.1 Å². The molecule has 124 valence electrons. The fraction of sp³-hybridized carbons (Fsp3) is 0.538. The van der Waals surface area contributed by atoms with Gasteiger partial charge in [0.25, 0.3) is 0 Å². The van der Waals surface area contributed by atoms with Crippen molar-refractivity contribution in [3.8, 4) is 0 Å². The summed E-state index contributed by atoms with van der Waals surface area (Å²) in [5, 5.41) is 0. The molecule has 1 fully saturated rings. The summed E-state index contributed by atoms with van der Waals surface area (Å²) in [6.07, 6.45) is -4.57. The topological polar surface area (TPSA) is 59.8 Å². The first kappa shape index (κ1) is 17.2. The first-order chi connectivity index (χ1) is 10.3. The van der Waals surface area contributed by atoms with Crippen molar-refractivity contribution in [3.05, 3.63) is 29.8 Å². The van der Waals surface area contributed by atoms with Gasteiger partial charge in [0.1, 0.15) is 13.1 Å². The van der Waals surface area contributed by atoms with Gasteiger partial charge < -0.3 is 9.64 Å². The van der Waals surface area contributed by atoms with Crippen molar-refractivity contribution >= 4 is 10.0 Å². The Hall–Kier alpha value is -1.16. The Morgan fingerprint density at radius 3 is 2.55 bits per heavy atom. The first-order valence-electron chi connectivity index (χ1n) is 6.87. The molecule has 1 saturated heterocycles. The summed E-state index contributed by atoms with van der Waals surface area (Å²) in [6.45, 7) is 3.61. The van der Waals surface area contributed by atoms with Crippen LogP contribution in [-0.2, 0) is 20.9 Å². The molecule has 0 bridgehead atoms. The predicted molar refractivity (Wildman–Crippen MR) is 73.0 cm³/mol. The molecule has 0 unspecified atom stereocenters. The minimum Gasteiger partial charge on any atom is -0.370 e. The van der Waals surface area contributed by atoms with Gasteiger partial charge in [-0.1, -0.05) is 6.07 Å². The first-order valence-corrected chi connectivity index (χ1v) is 8.35. The van der Waals surface area contributed by atoms with E-state index >= 15 is 0 Å². The Bertz CT molecular complexity index is 599. The van der Waals surface area contributed by atoms with E-state index in [1.807, 2.05) is 0 Å². The van der Waals surface area contributed by atoms with Crippen LogP contribution in [0.4, 0.5) is 13.2 Å². The lowest BCUT2D eigenvalue weighted by molar-refractivity contribution is -0.906. The van der Waals surface area contributed by atoms with E-state index in [1.165, 1.54) is 4.90 Å². The molecule has 22 heavy (non-hydrogen) atoms. The zero-order valence-electron chi connectivity index (χ0n) is 11.8. The monoisotopic (exact) mass is 339 g/mol. The minimum atomic E-state index is -4.57. The lowest BCUT2D eigenvalue weighted by Gasteiger charge is -2.23. The van der Waals surface area contributed by atoms with Crippen LogP contribution in [0.5, 0.6) is 0 Å². The van der Waals surface area contributed by atoms with Crippen LogP contribution in [0.1, 0.15) is 5.56 Å². The lowest BCUT2D eigenvalue weighted by atomic mass is 10.2. The van der Waals surface area contributed by atoms with E-state index in [0.29, 0.717) is 25.8 Å². The third-order valence-corrected chi connectivity index (χ3v) is 4.90. The Labute approximate surface area is 127 Å². The van der Waals surface area contributed by atoms with Crippen LogP contribution in [0.15, 0.2) is 29.2 Å². The molecule has 0 atom stereocenters. The van der Waals surface area contributed by atoms with Gasteiger partial charge in [0.15, 0.2) is 0 Å². The Morgan fingerprint density at radius 1 is 1.23 bits per heavy atom. The molecule has 1 aliphatic rings. The second kappa shape index (κ2) is 6.95. The molecule has 2 N–H and O–H groups in total. The van der Waals surface area contributed by atoms with Crippen molar-refractivity contribution in [1.29, 1.82) is 0 Å². The van der Waals surface area contributed by atoms with Crippen molar-refractivity contribution in [2.45, 2.75) is 11.1 Å². The average Bonchev–Trinajstić information content (AvgIpc) is 2.47. The maximum Gasteiger partial charge on any atom is 0.416 e. The number of quaternary nitrogens is 1. The van der Waals surface area contributed by atoms with E-state index < -0.39 is 21.8 Å². The molecule has 0 amide bonds. The molecule has 0 aromatic heterocycles. The fourth-order valence-electron chi connectivity index (χ4n) is 2.20. The number of nitrogens with one attached hydrogen (secondary N) is 2. The zero-order valence-corrected chi connectivity index (χ0v) is 12.6. The molecule has 9 heteroatoms. The second-order valence-electron chi connectivity index (χ2n) is 5.04. The highest BCUT2D eigenvalue weighted by molar-refractivity contribution is 7.89. The van der Waals surface area contributed by atoms with Gasteiger partial charge in [0.05, 0.1) is 36.8 Å². The maximum atomic E-state index is 12.6. The number of morpholine rings is 1. The van der Waals surface area contributed by atoms with Gasteiger partial charge in [0.2, 0.25) is 10.0 Å². The summed E-state index contributed by atoms with van der Waals surface area (Å²) in [4.78, 5) is 0.831. The Balaban J connectivity index is 1.98. The number of hydrogen-bond acceptors (Lipinski definition) is 3. The van der Waals surface area contributed by atoms with Crippen LogP contribution in [0.25, 0.3) is 0 Å². The molecule has 2 rings (SSSR count). The van der Waals surface area contributed by atoms with Gasteiger partial charge in [-0.15, -0.1) is 0 Å². The third kappa shape index (κ3) is 4.67. The quantitative estimate of drug-likeness (QED) is 0.788. The van der Waals surface area contributed by atoms with Crippen LogP contribution >= 0.6 is 0 Å². The van der Waals surface area contributed by atoms with E-state index in [2.05, 4.69) is 4.72 Å². The summed E-state index contributed by atoms with van der Waals surface area (Å²) in [5.74, 6) is 0. The van der Waals surface area contributed by atoms with Crippen LogP contribution in [0, 0.1) is 0 Å². The summed E-state index contributed by atoms with van der Waals surface area (Å²) < 4.78 is 69.5. The number of halogens is 3. The number of hydrogen-bond donors (Lipinski definition) is 2. The normalized spacial score (nSPS) is 17.6. The van der Waals surface area contributed by atoms with E-state index in [0.717, 1.165) is 31.3 Å². The second-order valence-corrected chi connectivity index (χ2v) is 6.80. The Morgan fingerprint density at radius 2 is 1.91 bits per heavy atom. The maximum absolute atomic E-state index is 12.6. The minimum absolute atomic E-state index is 0.175. The van der Waals surface area contributed by atoms with Crippen LogP contribution in [0.2, 0.25) is 0 Å². The van der Waals surface area contributed by atoms with E-state index in [-0.39, 0.29) is 11.4 Å². The number of ether oxygens (including phenoxy) is 1. The summed E-state index contributed by atoms with van der Waals surface area (Å²) in [6, 6.07) is 3.73. The number of benzene rings is 1. The van der Waals surface area contributed by atoms with Crippen molar-refractivity contribution in [2.75, 3.05) is 39.4 Å². The highest BCUT2D eigenvalue weighted by Crippen LogP contribution is 2.30. The molecule has 0 radical (unpaired) electrons. The number of alkyl halides is 3. The molecule has 0 aliphatic carbocycles. The van der Waals surface area contributed by atoms with Crippen LogP contribution < -0.4 is 9.62 Å². The molecule has 0 spiro atoms. The molecule has 0 saturated carbocycles. The van der Waals surface area contributed by atoms with Crippen molar-refractivity contribution in [2.24, 2.45) is 0 Å². The lowest BCUT2D eigenvalue weighted by Crippen LogP contribution is -3.14. The van der Waals surface area contributed by atoms with Crippen LogP contribution in [0.3, 0.4) is 0 Å². The van der Waals surface area contributed by atoms with E-state index in [9.17, 15) is 21.6 Å². The van der Waals surface area contributed by atoms with Gasteiger partial charge in [0, 0.05) is 0 Å². The predicted octanol–water partition coefficient (Wildman–Crippen LogP) is -0.101. The van der Waals surface area contributed by atoms with Crippen molar-refractivity contribution < 1.29 is 31.2 Å². The largest absolute Gasteiger partial charge is 0.416 e. The summed E-state index contributed by atoms with van der Waals surface area (Å²) in [5.41, 5.74) is -0.978. The average molecular weight is 339 g/mol. The molecule has 1 aromatic carbocycles. The van der Waals surface area contributed by atoms with E-state index in [4.69, 9.17) is 4.74 Å². The van der Waals surface area contributed by atoms with Gasteiger partial charge in [-0.05, 0) is 18.2 Å². The SMILES string of the molecule is O=S(=O)(NCC[NH+]1CCOCC1)c1cccc(C(F)(F)F)c1.